The maximum atomic E-state index is 11.9. The third-order valence-corrected chi connectivity index (χ3v) is 4.77. The van der Waals surface area contributed by atoms with Crippen LogP contribution < -0.4 is 10.6 Å². The van der Waals surface area contributed by atoms with E-state index >= 15 is 0 Å². The summed E-state index contributed by atoms with van der Waals surface area (Å²) < 4.78 is 5.82. The monoisotopic (exact) mass is 310 g/mol. The number of hydrogen-bond acceptors (Lipinski definition) is 4. The van der Waals surface area contributed by atoms with Gasteiger partial charge in [-0.2, -0.15) is 0 Å². The summed E-state index contributed by atoms with van der Waals surface area (Å²) in [6, 6.07) is -0.135. The molecule has 0 spiro atoms. The minimum Gasteiger partial charge on any atom is -0.394 e. The summed E-state index contributed by atoms with van der Waals surface area (Å²) in [4.78, 5) is 23.7. The molecule has 3 atom stereocenters. The van der Waals surface area contributed by atoms with Gasteiger partial charge in [-0.15, -0.1) is 0 Å². The third-order valence-electron chi connectivity index (χ3n) is 4.77. The van der Waals surface area contributed by atoms with Crippen LogP contribution in [0.25, 0.3) is 0 Å². The van der Waals surface area contributed by atoms with Crippen LogP contribution in [0.15, 0.2) is 0 Å². The molecule has 1 aliphatic heterocycles. The van der Waals surface area contributed by atoms with E-state index in [-0.39, 0.29) is 36.5 Å². The van der Waals surface area contributed by atoms with Crippen LogP contribution in [0.1, 0.15) is 44.9 Å². The van der Waals surface area contributed by atoms with E-state index in [4.69, 9.17) is 4.74 Å². The zero-order valence-corrected chi connectivity index (χ0v) is 12.9. The molecule has 124 valence electrons. The number of hydrogen-bond donors (Lipinski definition) is 3. The fourth-order valence-corrected chi connectivity index (χ4v) is 2.95. The summed E-state index contributed by atoms with van der Waals surface area (Å²) in [5, 5.41) is 15.4. The third kappa shape index (κ3) is 4.43. The van der Waals surface area contributed by atoms with E-state index in [2.05, 4.69) is 10.6 Å². The highest BCUT2D eigenvalue weighted by Gasteiger charge is 2.36. The van der Waals surface area contributed by atoms with Gasteiger partial charge in [-0.05, 0) is 44.4 Å². The van der Waals surface area contributed by atoms with Gasteiger partial charge in [0.05, 0.1) is 25.2 Å². The summed E-state index contributed by atoms with van der Waals surface area (Å²) in [5.74, 6) is 0.926. The lowest BCUT2D eigenvalue weighted by Crippen LogP contribution is -2.51. The molecule has 0 radical (unpaired) electrons. The van der Waals surface area contributed by atoms with Crippen molar-refractivity contribution in [3.63, 3.8) is 0 Å². The van der Waals surface area contributed by atoms with E-state index < -0.39 is 6.10 Å². The van der Waals surface area contributed by atoms with Crippen LogP contribution in [-0.2, 0) is 14.3 Å². The van der Waals surface area contributed by atoms with Crippen LogP contribution in [-0.4, -0.2) is 48.3 Å². The standard InChI is InChI=1S/C16H26N2O4/c19-9-14-13(18-16(21)11-3-4-11)6-5-12(22-14)7-15(20)17-8-10-1-2-10/h10-14,19H,1-9H2,(H,17,20)(H,18,21)/t12-,13-,14+/m1/s1. The topological polar surface area (TPSA) is 87.7 Å². The average molecular weight is 310 g/mol. The van der Waals surface area contributed by atoms with Gasteiger partial charge in [-0.1, -0.05) is 0 Å². The fourth-order valence-electron chi connectivity index (χ4n) is 2.95. The Morgan fingerprint density at radius 1 is 1.09 bits per heavy atom. The summed E-state index contributed by atoms with van der Waals surface area (Å²) >= 11 is 0. The Morgan fingerprint density at radius 3 is 2.50 bits per heavy atom. The van der Waals surface area contributed by atoms with Crippen LogP contribution in [0.4, 0.5) is 0 Å². The highest BCUT2D eigenvalue weighted by molar-refractivity contribution is 5.81. The van der Waals surface area contributed by atoms with E-state index in [1.807, 2.05) is 0 Å². The number of carbonyl (C=O) groups is 2. The largest absolute Gasteiger partial charge is 0.394 e. The Bertz CT molecular complexity index is 420. The number of aliphatic hydroxyl groups excluding tert-OH is 1. The number of ether oxygens (including phenoxy) is 1. The molecule has 0 unspecified atom stereocenters. The Labute approximate surface area is 131 Å². The lowest BCUT2D eigenvalue weighted by Gasteiger charge is -2.36. The number of carbonyl (C=O) groups excluding carboxylic acids is 2. The van der Waals surface area contributed by atoms with Gasteiger partial charge >= 0.3 is 0 Å². The van der Waals surface area contributed by atoms with E-state index in [0.717, 1.165) is 32.2 Å². The first-order chi connectivity index (χ1) is 10.7. The molecule has 3 fully saturated rings. The molecular weight excluding hydrogens is 284 g/mol. The Hall–Kier alpha value is -1.14. The van der Waals surface area contributed by atoms with Crippen molar-refractivity contribution in [2.45, 2.75) is 63.2 Å². The molecule has 1 saturated heterocycles. The molecule has 6 heteroatoms. The molecule has 6 nitrogen and oxygen atoms in total. The lowest BCUT2D eigenvalue weighted by molar-refractivity contribution is -0.136. The molecule has 0 bridgehead atoms. The average Bonchev–Trinajstić information content (AvgIpc) is 3.40. The van der Waals surface area contributed by atoms with E-state index in [1.165, 1.54) is 12.8 Å². The summed E-state index contributed by atoms with van der Waals surface area (Å²) in [7, 11) is 0. The van der Waals surface area contributed by atoms with Gasteiger partial charge in [-0.3, -0.25) is 9.59 Å². The first kappa shape index (κ1) is 15.7. The fraction of sp³-hybridized carbons (Fsp3) is 0.875. The van der Waals surface area contributed by atoms with Crippen LogP contribution in [0.5, 0.6) is 0 Å². The van der Waals surface area contributed by atoms with Crippen molar-refractivity contribution in [1.82, 2.24) is 10.6 Å². The molecule has 1 heterocycles. The molecule has 2 amide bonds. The van der Waals surface area contributed by atoms with E-state index in [0.29, 0.717) is 12.3 Å². The smallest absolute Gasteiger partial charge is 0.223 e. The first-order valence-electron chi connectivity index (χ1n) is 8.49. The van der Waals surface area contributed by atoms with Crippen molar-refractivity contribution in [2.75, 3.05) is 13.2 Å². The Kier molecular flexibility index (Phi) is 4.98. The van der Waals surface area contributed by atoms with E-state index in [9.17, 15) is 14.7 Å². The minimum absolute atomic E-state index is 0.0223. The van der Waals surface area contributed by atoms with Gasteiger partial charge in [0, 0.05) is 12.5 Å². The Morgan fingerprint density at radius 2 is 1.86 bits per heavy atom. The van der Waals surface area contributed by atoms with Crippen molar-refractivity contribution < 1.29 is 19.4 Å². The van der Waals surface area contributed by atoms with Gasteiger partial charge in [0.2, 0.25) is 11.8 Å². The van der Waals surface area contributed by atoms with E-state index in [1.54, 1.807) is 0 Å². The lowest BCUT2D eigenvalue weighted by atomic mass is 9.96. The first-order valence-corrected chi connectivity index (χ1v) is 8.49. The normalized spacial score (nSPS) is 31.6. The van der Waals surface area contributed by atoms with Crippen molar-refractivity contribution in [2.24, 2.45) is 11.8 Å². The van der Waals surface area contributed by atoms with Gasteiger partial charge in [0.15, 0.2) is 0 Å². The van der Waals surface area contributed by atoms with Crippen LogP contribution in [0.3, 0.4) is 0 Å². The predicted molar refractivity (Wildman–Crippen MR) is 80.0 cm³/mol. The molecule has 2 saturated carbocycles. The molecule has 3 aliphatic rings. The molecule has 0 aromatic carbocycles. The summed E-state index contributed by atoms with van der Waals surface area (Å²) in [6.07, 6.45) is 5.63. The zero-order chi connectivity index (χ0) is 15.5. The minimum atomic E-state index is -0.405. The number of rotatable bonds is 7. The maximum absolute atomic E-state index is 11.9. The maximum Gasteiger partial charge on any atom is 0.223 e. The SMILES string of the molecule is O=C(C[C@H]1CC[C@@H](NC(=O)C2CC2)[C@H](CO)O1)NCC1CC1. The highest BCUT2D eigenvalue weighted by Crippen LogP contribution is 2.30. The molecule has 3 N–H and O–H groups in total. The second-order valence-electron chi connectivity index (χ2n) is 6.90. The second-order valence-corrected chi connectivity index (χ2v) is 6.90. The van der Waals surface area contributed by atoms with Gasteiger partial charge in [0.1, 0.15) is 6.10 Å². The van der Waals surface area contributed by atoms with Crippen molar-refractivity contribution >= 4 is 11.8 Å². The van der Waals surface area contributed by atoms with Crippen LogP contribution >= 0.6 is 0 Å². The number of amides is 2. The summed E-state index contributed by atoms with van der Waals surface area (Å²) in [5.41, 5.74) is 0. The van der Waals surface area contributed by atoms with Crippen LogP contribution in [0, 0.1) is 11.8 Å². The predicted octanol–water partition coefficient (Wildman–Crippen LogP) is 0.337. The molecular formula is C16H26N2O4. The second kappa shape index (κ2) is 6.96. The van der Waals surface area contributed by atoms with Crippen LogP contribution in [0.2, 0.25) is 0 Å². The quantitative estimate of drug-likeness (QED) is 0.633. The van der Waals surface area contributed by atoms with Gasteiger partial charge in [0.25, 0.3) is 0 Å². The Balaban J connectivity index is 1.41. The van der Waals surface area contributed by atoms with Crippen molar-refractivity contribution in [1.29, 1.82) is 0 Å². The molecule has 22 heavy (non-hydrogen) atoms. The zero-order valence-electron chi connectivity index (χ0n) is 12.9. The molecule has 0 aromatic heterocycles. The molecule has 3 rings (SSSR count). The van der Waals surface area contributed by atoms with Gasteiger partial charge < -0.3 is 20.5 Å². The molecule has 2 aliphatic carbocycles. The number of aliphatic hydroxyl groups is 1. The highest BCUT2D eigenvalue weighted by atomic mass is 16.5. The van der Waals surface area contributed by atoms with Crippen molar-refractivity contribution in [3.05, 3.63) is 0 Å². The van der Waals surface area contributed by atoms with Gasteiger partial charge in [-0.25, -0.2) is 0 Å². The van der Waals surface area contributed by atoms with Crippen molar-refractivity contribution in [3.8, 4) is 0 Å². The summed E-state index contributed by atoms with van der Waals surface area (Å²) in [6.45, 7) is 0.644. The molecule has 0 aromatic rings. The number of nitrogens with one attached hydrogen (secondary N) is 2.